The van der Waals surface area contributed by atoms with Gasteiger partial charge in [0.15, 0.2) is 0 Å². The molecule has 5 heteroatoms. The zero-order valence-electron chi connectivity index (χ0n) is 10.3. The van der Waals surface area contributed by atoms with Gasteiger partial charge in [0, 0.05) is 25.8 Å². The molecule has 0 bridgehead atoms. The lowest BCUT2D eigenvalue weighted by Crippen LogP contribution is -2.52. The molecule has 1 saturated heterocycles. The van der Waals surface area contributed by atoms with Gasteiger partial charge in [-0.1, -0.05) is 18.2 Å². The molecule has 1 fully saturated rings. The van der Waals surface area contributed by atoms with Crippen molar-refractivity contribution in [1.82, 2.24) is 10.2 Å². The van der Waals surface area contributed by atoms with Crippen LogP contribution in [0.3, 0.4) is 0 Å². The molecule has 1 aliphatic heterocycles. The van der Waals surface area contributed by atoms with Crippen LogP contribution < -0.4 is 10.6 Å². The van der Waals surface area contributed by atoms with Crippen LogP contribution in [0.2, 0.25) is 0 Å². The molecule has 1 aromatic carbocycles. The molecule has 2 amide bonds. The van der Waals surface area contributed by atoms with Crippen LogP contribution >= 0.6 is 0 Å². The van der Waals surface area contributed by atoms with Gasteiger partial charge in [-0.3, -0.25) is 9.59 Å². The summed E-state index contributed by atoms with van der Waals surface area (Å²) in [6.07, 6.45) is 0. The summed E-state index contributed by atoms with van der Waals surface area (Å²) >= 11 is 0. The molecule has 0 saturated carbocycles. The first-order chi connectivity index (χ1) is 8.66. The fraction of sp³-hybridized carbons (Fsp3) is 0.385. The number of carbonyl (C=O) groups is 2. The van der Waals surface area contributed by atoms with E-state index in [-0.39, 0.29) is 24.3 Å². The van der Waals surface area contributed by atoms with Gasteiger partial charge in [-0.15, -0.1) is 0 Å². The first-order valence-electron chi connectivity index (χ1n) is 5.97. The molecule has 96 valence electrons. The van der Waals surface area contributed by atoms with Gasteiger partial charge in [-0.05, 0) is 12.1 Å². The summed E-state index contributed by atoms with van der Waals surface area (Å²) < 4.78 is 0. The monoisotopic (exact) mass is 247 g/mol. The lowest BCUT2D eigenvalue weighted by Gasteiger charge is -2.29. The van der Waals surface area contributed by atoms with Crippen LogP contribution in [-0.2, 0) is 9.59 Å². The largest absolute Gasteiger partial charge is 0.336 e. The average molecular weight is 247 g/mol. The maximum absolute atomic E-state index is 11.8. The molecule has 0 radical (unpaired) electrons. The summed E-state index contributed by atoms with van der Waals surface area (Å²) in [5, 5.41) is 5.80. The molecule has 0 unspecified atom stereocenters. The second-order valence-electron chi connectivity index (χ2n) is 4.46. The van der Waals surface area contributed by atoms with E-state index in [0.717, 1.165) is 5.69 Å². The van der Waals surface area contributed by atoms with Crippen molar-refractivity contribution in [2.24, 2.45) is 5.92 Å². The molecule has 18 heavy (non-hydrogen) atoms. The van der Waals surface area contributed by atoms with Gasteiger partial charge in [-0.2, -0.15) is 0 Å². The van der Waals surface area contributed by atoms with Gasteiger partial charge >= 0.3 is 0 Å². The molecule has 2 rings (SSSR count). The smallest absolute Gasteiger partial charge is 0.243 e. The first-order valence-corrected chi connectivity index (χ1v) is 5.97. The number of rotatable bonds is 4. The molecule has 1 aliphatic rings. The van der Waals surface area contributed by atoms with E-state index in [9.17, 15) is 9.59 Å². The molecule has 0 spiro atoms. The molecule has 1 heterocycles. The van der Waals surface area contributed by atoms with Crippen LogP contribution in [0.4, 0.5) is 5.69 Å². The first kappa shape index (κ1) is 12.6. The number of nitrogens with zero attached hydrogens (tertiary/aromatic N) is 1. The van der Waals surface area contributed by atoms with Crippen molar-refractivity contribution in [3.8, 4) is 0 Å². The van der Waals surface area contributed by atoms with Crippen molar-refractivity contribution in [3.63, 3.8) is 0 Å². The Morgan fingerprint density at radius 2 is 2.00 bits per heavy atom. The normalized spacial score (nSPS) is 14.7. The number of carbonyl (C=O) groups excluding carboxylic acids is 2. The van der Waals surface area contributed by atoms with Crippen molar-refractivity contribution in [1.29, 1.82) is 0 Å². The summed E-state index contributed by atoms with van der Waals surface area (Å²) in [6, 6.07) is 9.22. The Bertz CT molecular complexity index is 429. The van der Waals surface area contributed by atoms with Gasteiger partial charge in [0.25, 0.3) is 0 Å². The predicted molar refractivity (Wildman–Crippen MR) is 69.1 cm³/mol. The third-order valence-corrected chi connectivity index (χ3v) is 2.95. The predicted octanol–water partition coefficient (Wildman–Crippen LogP) is 0.303. The molecule has 0 aliphatic carbocycles. The third kappa shape index (κ3) is 3.07. The topological polar surface area (TPSA) is 61.4 Å². The van der Waals surface area contributed by atoms with Crippen molar-refractivity contribution in [3.05, 3.63) is 30.3 Å². The Kier molecular flexibility index (Phi) is 3.94. The second-order valence-corrected chi connectivity index (χ2v) is 4.46. The number of anilines is 1. The highest BCUT2D eigenvalue weighted by Crippen LogP contribution is 2.08. The van der Waals surface area contributed by atoms with Crippen LogP contribution in [0.25, 0.3) is 0 Å². The molecule has 5 nitrogen and oxygen atoms in total. The van der Waals surface area contributed by atoms with E-state index in [2.05, 4.69) is 10.6 Å². The summed E-state index contributed by atoms with van der Waals surface area (Å²) in [6.45, 7) is 1.51. The number of benzene rings is 1. The van der Waals surface area contributed by atoms with Crippen LogP contribution in [0, 0.1) is 5.92 Å². The number of hydrogen-bond acceptors (Lipinski definition) is 3. The minimum absolute atomic E-state index is 0.0250. The van der Waals surface area contributed by atoms with Gasteiger partial charge in [0.05, 0.1) is 12.5 Å². The van der Waals surface area contributed by atoms with Crippen LogP contribution in [-0.4, -0.2) is 43.4 Å². The number of amides is 2. The Hall–Kier alpha value is -1.88. The highest BCUT2D eigenvalue weighted by atomic mass is 16.2. The molecule has 0 atom stereocenters. The van der Waals surface area contributed by atoms with Crippen molar-refractivity contribution in [2.75, 3.05) is 32.0 Å². The molecular formula is C13H17N3O2. The fourth-order valence-electron chi connectivity index (χ4n) is 1.79. The number of para-hydroxylation sites is 1. The van der Waals surface area contributed by atoms with Crippen LogP contribution in [0.1, 0.15) is 0 Å². The highest BCUT2D eigenvalue weighted by Gasteiger charge is 2.28. The Morgan fingerprint density at radius 1 is 1.33 bits per heavy atom. The molecule has 0 aromatic heterocycles. The minimum atomic E-state index is -0.177. The van der Waals surface area contributed by atoms with E-state index in [1.165, 1.54) is 4.90 Å². The summed E-state index contributed by atoms with van der Waals surface area (Å²) in [7, 11) is 1.66. The molecule has 1 aromatic rings. The maximum atomic E-state index is 11.8. The fourth-order valence-corrected chi connectivity index (χ4v) is 1.79. The quantitative estimate of drug-likeness (QED) is 0.804. The highest BCUT2D eigenvalue weighted by molar-refractivity contribution is 5.94. The average Bonchev–Trinajstić information content (AvgIpc) is 2.27. The Balaban J connectivity index is 1.81. The van der Waals surface area contributed by atoms with E-state index < -0.39 is 0 Å². The standard InChI is InChI=1S/C13H17N3O2/c1-16(13(18)10-7-14-8-10)9-12(17)15-11-5-3-2-4-6-11/h2-6,10,14H,7-9H2,1H3,(H,15,17). The van der Waals surface area contributed by atoms with Crippen molar-refractivity contribution < 1.29 is 9.59 Å². The molecular weight excluding hydrogens is 230 g/mol. The third-order valence-electron chi connectivity index (χ3n) is 2.95. The number of likely N-dealkylation sites (N-methyl/N-ethyl adjacent to an activating group) is 1. The van der Waals surface area contributed by atoms with Crippen LogP contribution in [0.15, 0.2) is 30.3 Å². The lowest BCUT2D eigenvalue weighted by atomic mass is 10.0. The number of nitrogens with one attached hydrogen (secondary N) is 2. The lowest BCUT2D eigenvalue weighted by molar-refractivity contribution is -0.138. The van der Waals surface area contributed by atoms with Crippen molar-refractivity contribution in [2.45, 2.75) is 0 Å². The number of hydrogen-bond donors (Lipinski definition) is 2. The van der Waals surface area contributed by atoms with E-state index in [1.807, 2.05) is 30.3 Å². The van der Waals surface area contributed by atoms with E-state index in [1.54, 1.807) is 7.05 Å². The summed E-state index contributed by atoms with van der Waals surface area (Å²) in [5.41, 5.74) is 0.744. The SMILES string of the molecule is CN(CC(=O)Nc1ccccc1)C(=O)C1CNC1. The minimum Gasteiger partial charge on any atom is -0.336 e. The van der Waals surface area contributed by atoms with Gasteiger partial charge in [0.2, 0.25) is 11.8 Å². The second kappa shape index (κ2) is 5.64. The Labute approximate surface area is 106 Å². The van der Waals surface area contributed by atoms with Crippen molar-refractivity contribution >= 4 is 17.5 Å². The van der Waals surface area contributed by atoms with Gasteiger partial charge in [-0.25, -0.2) is 0 Å². The van der Waals surface area contributed by atoms with Gasteiger partial charge < -0.3 is 15.5 Å². The van der Waals surface area contributed by atoms with E-state index in [0.29, 0.717) is 13.1 Å². The van der Waals surface area contributed by atoms with Gasteiger partial charge in [0.1, 0.15) is 0 Å². The molecule has 2 N–H and O–H groups in total. The van der Waals surface area contributed by atoms with E-state index >= 15 is 0 Å². The van der Waals surface area contributed by atoms with Crippen LogP contribution in [0.5, 0.6) is 0 Å². The zero-order chi connectivity index (χ0) is 13.0. The summed E-state index contributed by atoms with van der Waals surface area (Å²) in [5.74, 6) is -0.124. The maximum Gasteiger partial charge on any atom is 0.243 e. The zero-order valence-corrected chi connectivity index (χ0v) is 10.3. The Morgan fingerprint density at radius 3 is 2.56 bits per heavy atom. The summed E-state index contributed by atoms with van der Waals surface area (Å²) in [4.78, 5) is 25.0. The van der Waals surface area contributed by atoms with E-state index in [4.69, 9.17) is 0 Å².